The van der Waals surface area contributed by atoms with Crippen molar-refractivity contribution in [3.8, 4) is 0 Å². The summed E-state index contributed by atoms with van der Waals surface area (Å²) in [6.07, 6.45) is 5.74. The highest BCUT2D eigenvalue weighted by Crippen LogP contribution is 2.47. The highest BCUT2D eigenvalue weighted by Gasteiger charge is 2.41. The van der Waals surface area contributed by atoms with Crippen LogP contribution in [-0.2, 0) is 13.0 Å². The van der Waals surface area contributed by atoms with Gasteiger partial charge in [-0.05, 0) is 42.4 Å². The van der Waals surface area contributed by atoms with Gasteiger partial charge < -0.3 is 5.32 Å². The van der Waals surface area contributed by atoms with Crippen LogP contribution in [0.2, 0.25) is 0 Å². The van der Waals surface area contributed by atoms with Crippen LogP contribution >= 0.6 is 0 Å². The van der Waals surface area contributed by atoms with Gasteiger partial charge in [-0.1, -0.05) is 36.4 Å². The number of nitrogens with one attached hydrogen (secondary N) is 1. The minimum Gasteiger partial charge on any atom is -0.311 e. The van der Waals surface area contributed by atoms with Crippen LogP contribution in [0.25, 0.3) is 0 Å². The Morgan fingerprint density at radius 2 is 1.79 bits per heavy atom. The minimum atomic E-state index is 0.496. The van der Waals surface area contributed by atoms with Crippen LogP contribution in [-0.4, -0.2) is 11.5 Å². The Bertz CT molecular complexity index is 503. The van der Waals surface area contributed by atoms with Gasteiger partial charge in [-0.2, -0.15) is 0 Å². The first kappa shape index (κ1) is 12.4. The summed E-state index contributed by atoms with van der Waals surface area (Å²) in [6.45, 7) is 1.97. The average Bonchev–Trinajstić information content (AvgIpc) is 3.21. The Morgan fingerprint density at radius 1 is 1.00 bits per heavy atom. The molecule has 2 heteroatoms. The van der Waals surface area contributed by atoms with E-state index < -0.39 is 0 Å². The first-order valence-corrected chi connectivity index (χ1v) is 7.01. The third-order valence-electron chi connectivity index (χ3n) is 3.91. The van der Waals surface area contributed by atoms with Gasteiger partial charge in [-0.3, -0.25) is 4.98 Å². The lowest BCUT2D eigenvalue weighted by molar-refractivity contribution is 0.453. The van der Waals surface area contributed by atoms with E-state index in [4.69, 9.17) is 0 Å². The van der Waals surface area contributed by atoms with E-state index in [0.717, 1.165) is 18.8 Å². The molecule has 2 nitrogen and oxygen atoms in total. The number of benzene rings is 1. The van der Waals surface area contributed by atoms with Crippen LogP contribution in [0.3, 0.4) is 0 Å². The van der Waals surface area contributed by atoms with Crippen LogP contribution in [0.5, 0.6) is 0 Å². The highest BCUT2D eigenvalue weighted by molar-refractivity contribution is 5.19. The third kappa shape index (κ3) is 3.42. The fourth-order valence-electron chi connectivity index (χ4n) is 2.58. The van der Waals surface area contributed by atoms with Gasteiger partial charge in [0.15, 0.2) is 0 Å². The zero-order valence-electron chi connectivity index (χ0n) is 11.2. The van der Waals surface area contributed by atoms with E-state index >= 15 is 0 Å². The molecule has 1 aromatic carbocycles. The predicted molar refractivity (Wildman–Crippen MR) is 77.8 cm³/mol. The maximum atomic E-state index is 4.34. The maximum absolute atomic E-state index is 4.34. The minimum absolute atomic E-state index is 0.496. The quantitative estimate of drug-likeness (QED) is 0.854. The molecule has 0 amide bonds. The fraction of sp³-hybridized carbons (Fsp3) is 0.353. The van der Waals surface area contributed by atoms with Crippen molar-refractivity contribution in [2.45, 2.75) is 25.8 Å². The van der Waals surface area contributed by atoms with Crippen molar-refractivity contribution < 1.29 is 0 Å². The molecule has 19 heavy (non-hydrogen) atoms. The molecular formula is C17H20N2. The Morgan fingerprint density at radius 3 is 2.47 bits per heavy atom. The molecule has 98 valence electrons. The molecule has 1 aromatic heterocycles. The van der Waals surface area contributed by atoms with Gasteiger partial charge in [0.05, 0.1) is 5.69 Å². The second-order valence-electron chi connectivity index (χ2n) is 5.59. The predicted octanol–water partition coefficient (Wildman–Crippen LogP) is 3.19. The topological polar surface area (TPSA) is 24.9 Å². The summed E-state index contributed by atoms with van der Waals surface area (Å²) >= 11 is 0. The molecule has 0 aliphatic heterocycles. The van der Waals surface area contributed by atoms with Crippen LogP contribution < -0.4 is 5.32 Å². The molecule has 0 saturated heterocycles. The van der Waals surface area contributed by atoms with Crippen LogP contribution in [0.4, 0.5) is 0 Å². The Kier molecular flexibility index (Phi) is 3.60. The number of hydrogen-bond donors (Lipinski definition) is 1. The molecule has 1 N–H and O–H groups in total. The van der Waals surface area contributed by atoms with Crippen molar-refractivity contribution in [2.75, 3.05) is 6.54 Å². The molecule has 0 atom stereocenters. The van der Waals surface area contributed by atoms with Crippen molar-refractivity contribution in [2.24, 2.45) is 5.41 Å². The average molecular weight is 252 g/mol. The molecule has 0 unspecified atom stereocenters. The second-order valence-corrected chi connectivity index (χ2v) is 5.59. The van der Waals surface area contributed by atoms with Gasteiger partial charge in [0.2, 0.25) is 0 Å². The normalized spacial score (nSPS) is 16.2. The van der Waals surface area contributed by atoms with Gasteiger partial charge in [0.1, 0.15) is 0 Å². The fourth-order valence-corrected chi connectivity index (χ4v) is 2.58. The molecule has 1 fully saturated rings. The Labute approximate surface area is 114 Å². The molecule has 0 spiro atoms. The zero-order chi connectivity index (χ0) is 13.0. The van der Waals surface area contributed by atoms with Crippen LogP contribution in [0, 0.1) is 5.41 Å². The first-order valence-electron chi connectivity index (χ1n) is 7.01. The summed E-state index contributed by atoms with van der Waals surface area (Å²) in [4.78, 5) is 4.34. The lowest BCUT2D eigenvalue weighted by Gasteiger charge is -2.16. The van der Waals surface area contributed by atoms with Crippen molar-refractivity contribution in [1.29, 1.82) is 0 Å². The molecule has 1 aliphatic carbocycles. The summed E-state index contributed by atoms with van der Waals surface area (Å²) in [6, 6.07) is 16.9. The SMILES string of the molecule is c1ccc(CC2(CNCc3ccccn3)CC2)cc1. The number of nitrogens with zero attached hydrogens (tertiary/aromatic N) is 1. The summed E-state index contributed by atoms with van der Waals surface area (Å²) in [5.41, 5.74) is 3.08. The second kappa shape index (κ2) is 5.54. The van der Waals surface area contributed by atoms with Crippen molar-refractivity contribution in [3.63, 3.8) is 0 Å². The lowest BCUT2D eigenvalue weighted by Crippen LogP contribution is -2.25. The smallest absolute Gasteiger partial charge is 0.0541 e. The summed E-state index contributed by atoms with van der Waals surface area (Å²) < 4.78 is 0. The number of rotatable bonds is 6. The van der Waals surface area contributed by atoms with E-state index in [0.29, 0.717) is 5.41 Å². The third-order valence-corrected chi connectivity index (χ3v) is 3.91. The molecule has 2 aromatic rings. The molecule has 3 rings (SSSR count). The van der Waals surface area contributed by atoms with E-state index in [2.05, 4.69) is 46.7 Å². The van der Waals surface area contributed by atoms with Gasteiger partial charge in [0, 0.05) is 19.3 Å². The van der Waals surface area contributed by atoms with Crippen molar-refractivity contribution in [3.05, 3.63) is 66.0 Å². The van der Waals surface area contributed by atoms with E-state index in [1.807, 2.05) is 18.3 Å². The van der Waals surface area contributed by atoms with E-state index in [1.54, 1.807) is 0 Å². The van der Waals surface area contributed by atoms with E-state index in [1.165, 1.54) is 24.8 Å². The van der Waals surface area contributed by atoms with E-state index in [9.17, 15) is 0 Å². The summed E-state index contributed by atoms with van der Waals surface area (Å²) in [5, 5.41) is 3.56. The molecule has 1 aliphatic rings. The molecule has 1 heterocycles. The zero-order valence-corrected chi connectivity index (χ0v) is 11.2. The van der Waals surface area contributed by atoms with Gasteiger partial charge in [0.25, 0.3) is 0 Å². The Balaban J connectivity index is 1.50. The van der Waals surface area contributed by atoms with Crippen LogP contribution in [0.1, 0.15) is 24.1 Å². The number of hydrogen-bond acceptors (Lipinski definition) is 2. The van der Waals surface area contributed by atoms with Crippen LogP contribution in [0.15, 0.2) is 54.7 Å². The van der Waals surface area contributed by atoms with Crippen molar-refractivity contribution >= 4 is 0 Å². The standard InChI is InChI=1S/C17H20N2/c1-2-6-15(7-3-1)12-17(9-10-17)14-18-13-16-8-4-5-11-19-16/h1-8,11,18H,9-10,12-14H2. The monoisotopic (exact) mass is 252 g/mol. The maximum Gasteiger partial charge on any atom is 0.0541 e. The number of pyridine rings is 1. The van der Waals surface area contributed by atoms with Crippen molar-refractivity contribution in [1.82, 2.24) is 10.3 Å². The first-order chi connectivity index (χ1) is 9.36. The summed E-state index contributed by atoms with van der Waals surface area (Å²) in [5.74, 6) is 0. The Hall–Kier alpha value is -1.67. The number of aromatic nitrogens is 1. The lowest BCUT2D eigenvalue weighted by atomic mass is 9.96. The molecule has 0 bridgehead atoms. The van der Waals surface area contributed by atoms with E-state index in [-0.39, 0.29) is 0 Å². The van der Waals surface area contributed by atoms with Gasteiger partial charge in [-0.15, -0.1) is 0 Å². The van der Waals surface area contributed by atoms with Gasteiger partial charge >= 0.3 is 0 Å². The largest absolute Gasteiger partial charge is 0.311 e. The van der Waals surface area contributed by atoms with Gasteiger partial charge in [-0.25, -0.2) is 0 Å². The molecule has 0 radical (unpaired) electrons. The summed E-state index contributed by atoms with van der Waals surface area (Å²) in [7, 11) is 0. The molecular weight excluding hydrogens is 232 g/mol. The molecule has 1 saturated carbocycles. The highest BCUT2D eigenvalue weighted by atomic mass is 14.9.